The largest absolute Gasteiger partial charge is 0.497 e. The number of hydrogen-bond acceptors (Lipinski definition) is 6. The van der Waals surface area contributed by atoms with Crippen molar-refractivity contribution < 1.29 is 23.7 Å². The van der Waals surface area contributed by atoms with Gasteiger partial charge in [-0.25, -0.2) is 9.79 Å². The zero-order valence-corrected chi connectivity index (χ0v) is 20.8. The highest BCUT2D eigenvalue weighted by atomic mass is 127. The van der Waals surface area contributed by atoms with Crippen molar-refractivity contribution in [2.45, 2.75) is 20.0 Å². The molecule has 0 spiro atoms. The van der Waals surface area contributed by atoms with Gasteiger partial charge in [0.15, 0.2) is 5.96 Å². The van der Waals surface area contributed by atoms with Gasteiger partial charge in [0.2, 0.25) is 0 Å². The van der Waals surface area contributed by atoms with Crippen LogP contribution in [0.15, 0.2) is 41.4 Å². The number of nitrogens with zero attached hydrogens (tertiary/aromatic N) is 1. The molecule has 0 amide bonds. The van der Waals surface area contributed by atoms with Crippen molar-refractivity contribution in [3.63, 3.8) is 0 Å². The van der Waals surface area contributed by atoms with Gasteiger partial charge in [-0.2, -0.15) is 0 Å². The molecule has 0 unspecified atom stereocenters. The predicted molar refractivity (Wildman–Crippen MR) is 131 cm³/mol. The van der Waals surface area contributed by atoms with E-state index in [1.807, 2.05) is 31.2 Å². The zero-order chi connectivity index (χ0) is 21.9. The minimum Gasteiger partial charge on any atom is -0.497 e. The maximum atomic E-state index is 12.0. The second-order valence-corrected chi connectivity index (χ2v) is 6.25. The van der Waals surface area contributed by atoms with E-state index >= 15 is 0 Å². The molecule has 31 heavy (non-hydrogen) atoms. The number of carbonyl (C=O) groups excluding carboxylic acids is 1. The molecule has 0 aromatic heterocycles. The highest BCUT2D eigenvalue weighted by Crippen LogP contribution is 2.24. The molecule has 0 aliphatic carbocycles. The molecule has 0 aliphatic heterocycles. The molecule has 0 fully saturated rings. The van der Waals surface area contributed by atoms with Crippen LogP contribution in [0, 0.1) is 0 Å². The van der Waals surface area contributed by atoms with Crippen molar-refractivity contribution in [2.24, 2.45) is 4.99 Å². The Balaban J connectivity index is 0.00000480. The van der Waals surface area contributed by atoms with Crippen molar-refractivity contribution in [1.29, 1.82) is 0 Å². The van der Waals surface area contributed by atoms with Crippen LogP contribution in [-0.2, 0) is 17.8 Å². The fourth-order valence-corrected chi connectivity index (χ4v) is 2.81. The standard InChI is InChI=1S/C22H29N3O5.HI/c1-6-23-22(25-14-16-8-9-17(27-2)12-20(16)29-4)24-13-15-7-10-19(28-3)18(11-15)21(26)30-5;/h7-12H,6,13-14H2,1-5H3,(H2,23,24,25);1H. The molecule has 2 aromatic carbocycles. The molecule has 2 aromatic rings. The van der Waals surface area contributed by atoms with Crippen molar-refractivity contribution in [1.82, 2.24) is 10.6 Å². The number of guanidine groups is 1. The Morgan fingerprint density at radius 3 is 2.29 bits per heavy atom. The fraction of sp³-hybridized carbons (Fsp3) is 0.364. The summed E-state index contributed by atoms with van der Waals surface area (Å²) in [6.45, 7) is 3.60. The van der Waals surface area contributed by atoms with E-state index in [4.69, 9.17) is 18.9 Å². The van der Waals surface area contributed by atoms with Crippen LogP contribution in [-0.4, -0.2) is 46.9 Å². The number of ether oxygens (including phenoxy) is 4. The maximum Gasteiger partial charge on any atom is 0.341 e. The predicted octanol–water partition coefficient (Wildman–Crippen LogP) is 3.37. The molecule has 0 bridgehead atoms. The van der Waals surface area contributed by atoms with E-state index in [-0.39, 0.29) is 24.0 Å². The molecule has 0 aliphatic rings. The van der Waals surface area contributed by atoms with Gasteiger partial charge in [0.05, 0.1) is 35.0 Å². The third kappa shape index (κ3) is 7.50. The van der Waals surface area contributed by atoms with Gasteiger partial charge in [0.1, 0.15) is 22.8 Å². The first-order valence-electron chi connectivity index (χ1n) is 9.54. The molecule has 8 nitrogen and oxygen atoms in total. The van der Waals surface area contributed by atoms with Crippen molar-refractivity contribution in [2.75, 3.05) is 35.0 Å². The number of halogens is 1. The van der Waals surface area contributed by atoms with E-state index in [9.17, 15) is 4.79 Å². The maximum absolute atomic E-state index is 12.0. The third-order valence-corrected chi connectivity index (χ3v) is 4.37. The average molecular weight is 543 g/mol. The van der Waals surface area contributed by atoms with E-state index in [1.54, 1.807) is 26.4 Å². The Labute approximate surface area is 200 Å². The topological polar surface area (TPSA) is 90.4 Å². The number of methoxy groups -OCH3 is 4. The number of hydrogen-bond donors (Lipinski definition) is 2. The van der Waals surface area contributed by atoms with Crippen LogP contribution in [0.25, 0.3) is 0 Å². The molecule has 0 heterocycles. The molecule has 2 rings (SSSR count). The Morgan fingerprint density at radius 2 is 1.68 bits per heavy atom. The number of aliphatic imine (C=N–C) groups is 1. The zero-order valence-electron chi connectivity index (χ0n) is 18.5. The summed E-state index contributed by atoms with van der Waals surface area (Å²) < 4.78 is 20.7. The highest BCUT2D eigenvalue weighted by molar-refractivity contribution is 14.0. The summed E-state index contributed by atoms with van der Waals surface area (Å²) >= 11 is 0. The van der Waals surface area contributed by atoms with Crippen LogP contribution in [0.1, 0.15) is 28.4 Å². The fourth-order valence-electron chi connectivity index (χ4n) is 2.81. The van der Waals surface area contributed by atoms with Crippen LogP contribution in [0.4, 0.5) is 0 Å². The second-order valence-electron chi connectivity index (χ2n) is 6.25. The van der Waals surface area contributed by atoms with Crippen LogP contribution in [0.3, 0.4) is 0 Å². The molecular formula is C22H30IN3O5. The lowest BCUT2D eigenvalue weighted by Gasteiger charge is -2.14. The van der Waals surface area contributed by atoms with E-state index < -0.39 is 5.97 Å². The number of benzene rings is 2. The van der Waals surface area contributed by atoms with Gasteiger partial charge in [0.25, 0.3) is 0 Å². The Morgan fingerprint density at radius 1 is 0.935 bits per heavy atom. The van der Waals surface area contributed by atoms with Crippen molar-refractivity contribution >= 4 is 35.9 Å². The summed E-state index contributed by atoms with van der Waals surface area (Å²) in [5, 5.41) is 6.50. The van der Waals surface area contributed by atoms with E-state index in [2.05, 4.69) is 15.6 Å². The SMILES string of the molecule is CCNC(=NCc1ccc(OC)c(C(=O)OC)c1)NCc1ccc(OC)cc1OC.I. The van der Waals surface area contributed by atoms with Gasteiger partial charge in [-0.1, -0.05) is 6.07 Å². The normalized spacial score (nSPS) is 10.5. The molecule has 0 saturated carbocycles. The number of carbonyl (C=O) groups is 1. The minimum absolute atomic E-state index is 0. The van der Waals surface area contributed by atoms with Gasteiger partial charge in [0, 0.05) is 24.7 Å². The Kier molecular flexibility index (Phi) is 11.5. The first kappa shape index (κ1) is 26.3. The van der Waals surface area contributed by atoms with Crippen LogP contribution in [0.2, 0.25) is 0 Å². The third-order valence-electron chi connectivity index (χ3n) is 4.37. The molecule has 0 saturated heterocycles. The van der Waals surface area contributed by atoms with Gasteiger partial charge < -0.3 is 29.6 Å². The summed E-state index contributed by atoms with van der Waals surface area (Å²) in [5.74, 6) is 2.12. The highest BCUT2D eigenvalue weighted by Gasteiger charge is 2.13. The van der Waals surface area contributed by atoms with Crippen molar-refractivity contribution in [3.05, 3.63) is 53.1 Å². The summed E-state index contributed by atoms with van der Waals surface area (Å²) in [4.78, 5) is 16.6. The number of esters is 1. The number of rotatable bonds is 9. The van der Waals surface area contributed by atoms with Crippen LogP contribution < -0.4 is 24.8 Å². The molecule has 0 radical (unpaired) electrons. The first-order chi connectivity index (χ1) is 14.6. The first-order valence-corrected chi connectivity index (χ1v) is 9.54. The Bertz CT molecular complexity index is 889. The molecular weight excluding hydrogens is 513 g/mol. The van der Waals surface area contributed by atoms with Crippen molar-refractivity contribution in [3.8, 4) is 17.2 Å². The summed E-state index contributed by atoms with van der Waals surface area (Å²) in [6.07, 6.45) is 0. The van der Waals surface area contributed by atoms with Crippen LogP contribution in [0.5, 0.6) is 17.2 Å². The Hall–Kier alpha value is -2.69. The van der Waals surface area contributed by atoms with Gasteiger partial charge >= 0.3 is 5.97 Å². The lowest BCUT2D eigenvalue weighted by Crippen LogP contribution is -2.36. The van der Waals surface area contributed by atoms with E-state index in [0.717, 1.165) is 22.6 Å². The summed E-state index contributed by atoms with van der Waals surface area (Å²) in [5.41, 5.74) is 2.20. The second kappa shape index (κ2) is 13.6. The van der Waals surface area contributed by atoms with Gasteiger partial charge in [-0.3, -0.25) is 0 Å². The molecule has 170 valence electrons. The molecule has 2 N–H and O–H groups in total. The van der Waals surface area contributed by atoms with Gasteiger partial charge in [-0.05, 0) is 36.8 Å². The average Bonchev–Trinajstić information content (AvgIpc) is 2.79. The molecule has 9 heteroatoms. The number of nitrogens with one attached hydrogen (secondary N) is 2. The van der Waals surface area contributed by atoms with E-state index in [1.165, 1.54) is 14.2 Å². The smallest absolute Gasteiger partial charge is 0.341 e. The lowest BCUT2D eigenvalue weighted by atomic mass is 10.1. The van der Waals surface area contributed by atoms with Gasteiger partial charge in [-0.15, -0.1) is 24.0 Å². The van der Waals surface area contributed by atoms with Crippen LogP contribution >= 0.6 is 24.0 Å². The minimum atomic E-state index is -0.450. The lowest BCUT2D eigenvalue weighted by molar-refractivity contribution is 0.0597. The summed E-state index contributed by atoms with van der Waals surface area (Å²) in [7, 11) is 6.10. The quantitative estimate of drug-likeness (QED) is 0.217. The molecule has 0 atom stereocenters. The van der Waals surface area contributed by atoms with E-state index in [0.29, 0.717) is 36.9 Å². The monoisotopic (exact) mass is 543 g/mol. The summed E-state index contributed by atoms with van der Waals surface area (Å²) in [6, 6.07) is 11.0.